The normalized spacial score (nSPS) is 12.3. The Balaban J connectivity index is 1.91. The SMILES string of the molecule is CCCNC(CC)c1ccc(OCc2cnn(C)c2)cc1. The summed E-state index contributed by atoms with van der Waals surface area (Å²) in [6.07, 6.45) is 6.05. The van der Waals surface area contributed by atoms with Gasteiger partial charge in [-0.05, 0) is 37.1 Å². The number of aryl methyl sites for hydroxylation is 1. The van der Waals surface area contributed by atoms with E-state index in [2.05, 4.69) is 36.4 Å². The molecule has 0 spiro atoms. The lowest BCUT2D eigenvalue weighted by molar-refractivity contribution is 0.306. The zero-order valence-corrected chi connectivity index (χ0v) is 13.2. The average Bonchev–Trinajstić information content (AvgIpc) is 2.93. The van der Waals surface area contributed by atoms with Crippen LogP contribution in [0.1, 0.15) is 43.9 Å². The lowest BCUT2D eigenvalue weighted by Crippen LogP contribution is -2.21. The molecule has 0 fully saturated rings. The quantitative estimate of drug-likeness (QED) is 0.808. The Hall–Kier alpha value is -1.81. The Morgan fingerprint density at radius 1 is 1.24 bits per heavy atom. The van der Waals surface area contributed by atoms with Crippen molar-refractivity contribution in [3.63, 3.8) is 0 Å². The van der Waals surface area contributed by atoms with Crippen molar-refractivity contribution >= 4 is 0 Å². The fourth-order valence-corrected chi connectivity index (χ4v) is 2.33. The summed E-state index contributed by atoms with van der Waals surface area (Å²) >= 11 is 0. The molecule has 1 atom stereocenters. The maximum absolute atomic E-state index is 5.78. The molecular weight excluding hydrogens is 262 g/mol. The molecule has 0 saturated heterocycles. The number of rotatable bonds is 8. The van der Waals surface area contributed by atoms with Crippen LogP contribution in [-0.4, -0.2) is 16.3 Å². The van der Waals surface area contributed by atoms with Crippen molar-refractivity contribution < 1.29 is 4.74 Å². The van der Waals surface area contributed by atoms with Gasteiger partial charge in [0.15, 0.2) is 0 Å². The molecule has 2 rings (SSSR count). The summed E-state index contributed by atoms with van der Waals surface area (Å²) in [5.41, 5.74) is 2.40. The highest BCUT2D eigenvalue weighted by atomic mass is 16.5. The Morgan fingerprint density at radius 3 is 2.57 bits per heavy atom. The molecule has 114 valence electrons. The summed E-state index contributed by atoms with van der Waals surface area (Å²) in [7, 11) is 1.91. The number of aromatic nitrogens is 2. The van der Waals surface area contributed by atoms with E-state index in [1.165, 1.54) is 5.56 Å². The smallest absolute Gasteiger partial charge is 0.119 e. The fourth-order valence-electron chi connectivity index (χ4n) is 2.33. The van der Waals surface area contributed by atoms with Crippen molar-refractivity contribution in [2.75, 3.05) is 6.54 Å². The minimum Gasteiger partial charge on any atom is -0.489 e. The second kappa shape index (κ2) is 7.84. The third-order valence-electron chi connectivity index (χ3n) is 3.50. The third-order valence-corrected chi connectivity index (χ3v) is 3.50. The lowest BCUT2D eigenvalue weighted by atomic mass is 10.0. The average molecular weight is 287 g/mol. The molecule has 21 heavy (non-hydrogen) atoms. The van der Waals surface area contributed by atoms with Gasteiger partial charge >= 0.3 is 0 Å². The maximum Gasteiger partial charge on any atom is 0.119 e. The number of hydrogen-bond acceptors (Lipinski definition) is 3. The molecule has 0 bridgehead atoms. The number of ether oxygens (including phenoxy) is 1. The first-order chi connectivity index (χ1) is 10.2. The van der Waals surface area contributed by atoms with Gasteiger partial charge in [0.25, 0.3) is 0 Å². The molecule has 1 unspecified atom stereocenters. The molecular formula is C17H25N3O. The number of hydrogen-bond donors (Lipinski definition) is 1. The summed E-state index contributed by atoms with van der Waals surface area (Å²) < 4.78 is 7.57. The summed E-state index contributed by atoms with van der Waals surface area (Å²) in [6.45, 7) is 6.01. The van der Waals surface area contributed by atoms with Crippen molar-refractivity contribution in [2.45, 2.75) is 39.3 Å². The molecule has 4 heteroatoms. The van der Waals surface area contributed by atoms with Crippen molar-refractivity contribution in [2.24, 2.45) is 7.05 Å². The highest BCUT2D eigenvalue weighted by Gasteiger charge is 2.08. The molecule has 4 nitrogen and oxygen atoms in total. The molecule has 1 heterocycles. The number of nitrogens with zero attached hydrogens (tertiary/aromatic N) is 2. The van der Waals surface area contributed by atoms with Crippen molar-refractivity contribution in [3.05, 3.63) is 47.8 Å². The Labute approximate surface area is 127 Å². The molecule has 0 saturated carbocycles. The van der Waals surface area contributed by atoms with Crippen LogP contribution in [-0.2, 0) is 13.7 Å². The Morgan fingerprint density at radius 2 is 2.00 bits per heavy atom. The highest BCUT2D eigenvalue weighted by molar-refractivity contribution is 5.29. The standard InChI is InChI=1S/C17H25N3O/c1-4-10-18-17(5-2)15-6-8-16(9-7-15)21-13-14-11-19-20(3)12-14/h6-9,11-12,17-18H,4-5,10,13H2,1-3H3. The second-order valence-electron chi connectivity index (χ2n) is 5.29. The van der Waals surface area contributed by atoms with E-state index in [0.29, 0.717) is 12.6 Å². The lowest BCUT2D eigenvalue weighted by Gasteiger charge is -2.17. The molecule has 0 aliphatic carbocycles. The Bertz CT molecular complexity index is 533. The van der Waals surface area contributed by atoms with Crippen LogP contribution in [0.2, 0.25) is 0 Å². The first kappa shape index (κ1) is 15.6. The molecule has 1 aromatic heterocycles. The topological polar surface area (TPSA) is 39.1 Å². The Kier molecular flexibility index (Phi) is 5.81. The number of benzene rings is 1. The van der Waals surface area contributed by atoms with Gasteiger partial charge in [-0.2, -0.15) is 5.10 Å². The van der Waals surface area contributed by atoms with Crippen LogP contribution >= 0.6 is 0 Å². The van der Waals surface area contributed by atoms with Crippen molar-refractivity contribution in [3.8, 4) is 5.75 Å². The molecule has 1 aromatic carbocycles. The van der Waals surface area contributed by atoms with E-state index in [4.69, 9.17) is 4.74 Å². The number of nitrogens with one attached hydrogen (secondary N) is 1. The minimum absolute atomic E-state index is 0.428. The van der Waals surface area contributed by atoms with Crippen LogP contribution in [0.3, 0.4) is 0 Å². The largest absolute Gasteiger partial charge is 0.489 e. The first-order valence-electron chi connectivity index (χ1n) is 7.66. The molecule has 0 radical (unpaired) electrons. The zero-order chi connectivity index (χ0) is 15.1. The van der Waals surface area contributed by atoms with E-state index < -0.39 is 0 Å². The zero-order valence-electron chi connectivity index (χ0n) is 13.2. The summed E-state index contributed by atoms with van der Waals surface area (Å²) in [4.78, 5) is 0. The highest BCUT2D eigenvalue weighted by Crippen LogP contribution is 2.20. The van der Waals surface area contributed by atoms with Gasteiger partial charge in [0.2, 0.25) is 0 Å². The van der Waals surface area contributed by atoms with E-state index in [1.807, 2.05) is 31.6 Å². The van der Waals surface area contributed by atoms with Gasteiger partial charge in [0.1, 0.15) is 12.4 Å². The van der Waals surface area contributed by atoms with Crippen LogP contribution in [0.15, 0.2) is 36.7 Å². The van der Waals surface area contributed by atoms with E-state index >= 15 is 0 Å². The molecule has 0 amide bonds. The second-order valence-corrected chi connectivity index (χ2v) is 5.29. The third kappa shape index (κ3) is 4.60. The maximum atomic E-state index is 5.78. The van der Waals surface area contributed by atoms with Gasteiger partial charge in [-0.15, -0.1) is 0 Å². The summed E-state index contributed by atoms with van der Waals surface area (Å²) in [5, 5.41) is 7.70. The van der Waals surface area contributed by atoms with E-state index in [-0.39, 0.29) is 0 Å². The molecule has 0 aliphatic heterocycles. The predicted octanol–water partition coefficient (Wildman–Crippen LogP) is 3.45. The van der Waals surface area contributed by atoms with Crippen molar-refractivity contribution in [1.29, 1.82) is 0 Å². The van der Waals surface area contributed by atoms with Crippen LogP contribution in [0.4, 0.5) is 0 Å². The minimum atomic E-state index is 0.428. The van der Waals surface area contributed by atoms with Crippen molar-refractivity contribution in [1.82, 2.24) is 15.1 Å². The predicted molar refractivity (Wildman–Crippen MR) is 85.3 cm³/mol. The van der Waals surface area contributed by atoms with Gasteiger partial charge in [-0.3, -0.25) is 4.68 Å². The van der Waals surface area contributed by atoms with Gasteiger partial charge in [0.05, 0.1) is 6.20 Å². The first-order valence-corrected chi connectivity index (χ1v) is 7.66. The molecule has 0 aliphatic rings. The summed E-state index contributed by atoms with van der Waals surface area (Å²) in [6, 6.07) is 8.81. The van der Waals surface area contributed by atoms with Crippen LogP contribution in [0.5, 0.6) is 5.75 Å². The fraction of sp³-hybridized carbons (Fsp3) is 0.471. The van der Waals surface area contributed by atoms with Gasteiger partial charge in [0, 0.05) is 24.8 Å². The van der Waals surface area contributed by atoms with Crippen LogP contribution < -0.4 is 10.1 Å². The molecule has 2 aromatic rings. The summed E-state index contributed by atoms with van der Waals surface area (Å²) in [5.74, 6) is 0.896. The van der Waals surface area contributed by atoms with Crippen LogP contribution in [0, 0.1) is 0 Å². The van der Waals surface area contributed by atoms with Crippen LogP contribution in [0.25, 0.3) is 0 Å². The van der Waals surface area contributed by atoms with Gasteiger partial charge < -0.3 is 10.1 Å². The monoisotopic (exact) mass is 287 g/mol. The van der Waals surface area contributed by atoms with E-state index in [0.717, 1.165) is 30.7 Å². The van der Waals surface area contributed by atoms with Gasteiger partial charge in [-0.25, -0.2) is 0 Å². The van der Waals surface area contributed by atoms with E-state index in [1.54, 1.807) is 4.68 Å². The van der Waals surface area contributed by atoms with Gasteiger partial charge in [-0.1, -0.05) is 26.0 Å². The van der Waals surface area contributed by atoms with E-state index in [9.17, 15) is 0 Å². The molecule has 1 N–H and O–H groups in total.